The number of hydrogen-bond acceptors (Lipinski definition) is 10. The minimum absolute atomic E-state index is 0.0414. The van der Waals surface area contributed by atoms with E-state index < -0.39 is 49.5 Å². The molecule has 1 saturated heterocycles. The molecule has 11 nitrogen and oxygen atoms in total. The van der Waals surface area contributed by atoms with Crippen molar-refractivity contribution in [3.05, 3.63) is 36.5 Å². The van der Waals surface area contributed by atoms with Crippen molar-refractivity contribution in [2.75, 3.05) is 19.8 Å². The average molecular weight is 894 g/mol. The predicted octanol–water partition coefficient (Wildman–Crippen LogP) is 10.4. The number of esters is 1. The summed E-state index contributed by atoms with van der Waals surface area (Å²) in [6.45, 7) is 4.20. The van der Waals surface area contributed by atoms with Crippen LogP contribution in [0.5, 0.6) is 0 Å². The van der Waals surface area contributed by atoms with Gasteiger partial charge in [0.05, 0.1) is 32.0 Å². The van der Waals surface area contributed by atoms with Gasteiger partial charge in [-0.15, -0.1) is 0 Å². The Morgan fingerprint density at radius 2 is 1.03 bits per heavy atom. The van der Waals surface area contributed by atoms with Crippen LogP contribution >= 0.6 is 0 Å². The number of aliphatic hydroxyl groups excluding tert-OH is 5. The van der Waals surface area contributed by atoms with Crippen molar-refractivity contribution < 1.29 is 49.3 Å². The van der Waals surface area contributed by atoms with Gasteiger partial charge in [0.25, 0.3) is 0 Å². The fourth-order valence-electron chi connectivity index (χ4n) is 7.76. The maximum Gasteiger partial charge on any atom is 0.305 e. The summed E-state index contributed by atoms with van der Waals surface area (Å²) in [5, 5.41) is 54.1. The first-order chi connectivity index (χ1) is 30.7. The Morgan fingerprint density at radius 3 is 1.57 bits per heavy atom. The van der Waals surface area contributed by atoms with Gasteiger partial charge < -0.3 is 45.1 Å². The Bertz CT molecular complexity index is 1150. The van der Waals surface area contributed by atoms with E-state index in [9.17, 15) is 35.1 Å². The number of nitrogens with one attached hydrogen (secondary N) is 1. The van der Waals surface area contributed by atoms with Gasteiger partial charge in [0.2, 0.25) is 5.91 Å². The lowest BCUT2D eigenvalue weighted by Crippen LogP contribution is -2.60. The summed E-state index contributed by atoms with van der Waals surface area (Å²) in [6, 6.07) is -0.820. The summed E-state index contributed by atoms with van der Waals surface area (Å²) in [5.41, 5.74) is 0. The summed E-state index contributed by atoms with van der Waals surface area (Å²) in [4.78, 5) is 24.9. The number of amides is 1. The van der Waals surface area contributed by atoms with E-state index in [2.05, 4.69) is 43.5 Å². The number of carbonyl (C=O) groups is 2. The molecule has 0 aromatic rings. The van der Waals surface area contributed by atoms with Gasteiger partial charge in [0.15, 0.2) is 6.29 Å². The molecule has 1 heterocycles. The van der Waals surface area contributed by atoms with Crippen LogP contribution in [0.2, 0.25) is 0 Å². The molecule has 0 saturated carbocycles. The highest BCUT2D eigenvalue weighted by molar-refractivity contribution is 5.76. The average Bonchev–Trinajstić information content (AvgIpc) is 3.28. The summed E-state index contributed by atoms with van der Waals surface area (Å²) >= 11 is 0. The second-order valence-electron chi connectivity index (χ2n) is 17.9. The van der Waals surface area contributed by atoms with Crippen LogP contribution < -0.4 is 5.32 Å². The zero-order valence-corrected chi connectivity index (χ0v) is 40.0. The van der Waals surface area contributed by atoms with Crippen molar-refractivity contribution in [2.45, 2.75) is 262 Å². The van der Waals surface area contributed by atoms with E-state index in [4.69, 9.17) is 14.2 Å². The molecule has 63 heavy (non-hydrogen) atoms. The van der Waals surface area contributed by atoms with Crippen LogP contribution in [0.4, 0.5) is 0 Å². The third-order valence-corrected chi connectivity index (χ3v) is 12.0. The van der Waals surface area contributed by atoms with Gasteiger partial charge in [-0.05, 0) is 77.0 Å². The normalized spacial score (nSPS) is 20.3. The molecule has 0 aliphatic carbocycles. The van der Waals surface area contributed by atoms with Crippen molar-refractivity contribution in [1.29, 1.82) is 0 Å². The van der Waals surface area contributed by atoms with E-state index in [1.165, 1.54) is 103 Å². The van der Waals surface area contributed by atoms with Crippen LogP contribution in [-0.4, -0.2) is 100 Å². The first-order valence-corrected chi connectivity index (χ1v) is 25.8. The Morgan fingerprint density at radius 1 is 0.571 bits per heavy atom. The van der Waals surface area contributed by atoms with E-state index in [1.807, 2.05) is 6.08 Å². The minimum atomic E-state index is -1.58. The third kappa shape index (κ3) is 33.1. The Kier molecular flexibility index (Phi) is 39.7. The lowest BCUT2D eigenvalue weighted by molar-refractivity contribution is -0.302. The molecule has 1 fully saturated rings. The number of carbonyl (C=O) groups excluding carboxylic acids is 2. The highest BCUT2D eigenvalue weighted by atomic mass is 16.7. The van der Waals surface area contributed by atoms with E-state index in [0.29, 0.717) is 19.4 Å². The Hall–Kier alpha value is -2.12. The fourth-order valence-corrected chi connectivity index (χ4v) is 7.76. The predicted molar refractivity (Wildman–Crippen MR) is 255 cm³/mol. The standard InChI is InChI=1S/C52H95NO10/c1-3-5-7-9-11-13-19-24-28-32-36-40-48(57)61-41-37-33-29-25-21-18-16-14-15-17-20-23-27-31-35-39-47(56)53-44(45(55)38-34-30-26-22-12-10-8-6-4-2)43-62-52-51(60)50(59)49(58)46(42-54)63-52/h9,11,16,18,34,38,44-46,49-52,54-55,58-60H,3-8,10,12-15,17,19-33,35-37,39-43H2,1-2H3,(H,53,56)/b11-9-,18-16-,38-34+. The quantitative estimate of drug-likeness (QED) is 0.0196. The van der Waals surface area contributed by atoms with E-state index in [-0.39, 0.29) is 18.5 Å². The minimum Gasteiger partial charge on any atom is -0.466 e. The van der Waals surface area contributed by atoms with Crippen molar-refractivity contribution in [3.8, 4) is 0 Å². The Balaban J connectivity index is 2.14. The maximum absolute atomic E-state index is 12.9. The van der Waals surface area contributed by atoms with E-state index >= 15 is 0 Å². The zero-order valence-electron chi connectivity index (χ0n) is 40.0. The first-order valence-electron chi connectivity index (χ1n) is 25.8. The van der Waals surface area contributed by atoms with Crippen molar-refractivity contribution in [1.82, 2.24) is 5.32 Å². The smallest absolute Gasteiger partial charge is 0.305 e. The number of aliphatic hydroxyl groups is 5. The molecule has 0 spiro atoms. The lowest BCUT2D eigenvalue weighted by atomic mass is 9.99. The van der Waals surface area contributed by atoms with E-state index in [0.717, 1.165) is 89.9 Å². The molecule has 7 unspecified atom stereocenters. The molecule has 0 aromatic carbocycles. The number of ether oxygens (including phenoxy) is 3. The molecule has 0 aromatic heterocycles. The van der Waals surface area contributed by atoms with Crippen LogP contribution in [0.1, 0.15) is 219 Å². The first kappa shape index (κ1) is 58.9. The summed E-state index contributed by atoms with van der Waals surface area (Å²) < 4.78 is 16.6. The van der Waals surface area contributed by atoms with Crippen molar-refractivity contribution in [3.63, 3.8) is 0 Å². The fraction of sp³-hybridized carbons (Fsp3) is 0.846. The van der Waals surface area contributed by atoms with Crippen molar-refractivity contribution in [2.24, 2.45) is 0 Å². The molecule has 1 aliphatic heterocycles. The molecule has 1 aliphatic rings. The van der Waals surface area contributed by atoms with Crippen LogP contribution in [0, 0.1) is 0 Å². The van der Waals surface area contributed by atoms with Gasteiger partial charge in [-0.2, -0.15) is 0 Å². The van der Waals surface area contributed by atoms with E-state index in [1.54, 1.807) is 6.08 Å². The number of rotatable bonds is 43. The van der Waals surface area contributed by atoms with Crippen LogP contribution in [0.3, 0.4) is 0 Å². The molecule has 7 atom stereocenters. The SMILES string of the molecule is CCCC/C=C\CCCCCCCC(=O)OCCCCCC/C=C\CCCCCCCCCC(=O)NC(COC1OC(CO)C(O)C(O)C1O)C(O)/C=C/CCCCCCCCC. The molecule has 368 valence electrons. The zero-order chi connectivity index (χ0) is 46.0. The van der Waals surface area contributed by atoms with Gasteiger partial charge >= 0.3 is 5.97 Å². The summed E-state index contributed by atoms with van der Waals surface area (Å²) in [7, 11) is 0. The number of hydrogen-bond donors (Lipinski definition) is 6. The second kappa shape index (κ2) is 42.5. The lowest BCUT2D eigenvalue weighted by Gasteiger charge is -2.40. The molecular formula is C52H95NO10. The second-order valence-corrected chi connectivity index (χ2v) is 17.9. The van der Waals surface area contributed by atoms with Crippen LogP contribution in [0.25, 0.3) is 0 Å². The Labute approximate surface area is 383 Å². The number of allylic oxidation sites excluding steroid dienone is 5. The highest BCUT2D eigenvalue weighted by Gasteiger charge is 2.44. The summed E-state index contributed by atoms with van der Waals surface area (Å²) in [5.74, 6) is -0.242. The molecule has 11 heteroatoms. The van der Waals surface area contributed by atoms with Gasteiger partial charge in [-0.3, -0.25) is 9.59 Å². The number of unbranched alkanes of at least 4 members (excludes halogenated alkanes) is 25. The monoisotopic (exact) mass is 894 g/mol. The largest absolute Gasteiger partial charge is 0.466 e. The molecule has 0 radical (unpaired) electrons. The molecule has 1 rings (SSSR count). The van der Waals surface area contributed by atoms with Crippen LogP contribution in [-0.2, 0) is 23.8 Å². The van der Waals surface area contributed by atoms with Gasteiger partial charge in [0, 0.05) is 12.8 Å². The van der Waals surface area contributed by atoms with Gasteiger partial charge in [0.1, 0.15) is 24.4 Å². The third-order valence-electron chi connectivity index (χ3n) is 12.0. The molecule has 1 amide bonds. The van der Waals surface area contributed by atoms with Crippen molar-refractivity contribution >= 4 is 11.9 Å². The van der Waals surface area contributed by atoms with Gasteiger partial charge in [-0.1, -0.05) is 166 Å². The topological polar surface area (TPSA) is 175 Å². The molecular weight excluding hydrogens is 799 g/mol. The maximum atomic E-state index is 12.9. The molecule has 0 bridgehead atoms. The van der Waals surface area contributed by atoms with Gasteiger partial charge in [-0.25, -0.2) is 0 Å². The summed E-state index contributed by atoms with van der Waals surface area (Å²) in [6.07, 6.45) is 39.4. The highest BCUT2D eigenvalue weighted by Crippen LogP contribution is 2.23. The van der Waals surface area contributed by atoms with Crippen LogP contribution in [0.15, 0.2) is 36.5 Å². The molecule has 6 N–H and O–H groups in total.